The van der Waals surface area contributed by atoms with Crippen LogP contribution in [-0.4, -0.2) is 5.11 Å². The topological polar surface area (TPSA) is 20.2 Å². The maximum atomic E-state index is 13.5. The van der Waals surface area contributed by atoms with Crippen LogP contribution in [0.1, 0.15) is 37.5 Å². The van der Waals surface area contributed by atoms with E-state index in [4.69, 9.17) is 5.11 Å². The van der Waals surface area contributed by atoms with E-state index in [-0.39, 0.29) is 17.8 Å². The molecule has 2 heteroatoms. The summed E-state index contributed by atoms with van der Waals surface area (Å²) in [6.07, 6.45) is 0. The van der Waals surface area contributed by atoms with Gasteiger partial charge in [-0.05, 0) is 29.5 Å². The first-order valence-corrected chi connectivity index (χ1v) is 4.76. The van der Waals surface area contributed by atoms with E-state index in [0.29, 0.717) is 5.56 Å². The monoisotopic (exact) mass is 196 g/mol. The molecule has 0 fully saturated rings. The third-order valence-electron chi connectivity index (χ3n) is 2.44. The predicted molar refractivity (Wildman–Crippen MR) is 55.8 cm³/mol. The van der Waals surface area contributed by atoms with Gasteiger partial charge in [0.15, 0.2) is 0 Å². The zero-order chi connectivity index (χ0) is 10.9. The molecule has 1 N–H and O–H groups in total. The van der Waals surface area contributed by atoms with Crippen LogP contribution in [0.4, 0.5) is 4.39 Å². The molecule has 0 aliphatic rings. The number of hydrogen-bond acceptors (Lipinski definition) is 1. The molecule has 0 saturated carbocycles. The number of rotatable bonds is 1. The van der Waals surface area contributed by atoms with Gasteiger partial charge in [-0.15, -0.1) is 0 Å². The third-order valence-corrected chi connectivity index (χ3v) is 2.44. The van der Waals surface area contributed by atoms with Crippen molar-refractivity contribution in [3.05, 3.63) is 34.6 Å². The van der Waals surface area contributed by atoms with E-state index in [0.717, 1.165) is 11.1 Å². The standard InChI is InChI=1S/C12H17FO/c1-8-5-9(12(2,3)4)6-11(13)10(8)7-14/h5-6,14H,7H2,1-4H3. The van der Waals surface area contributed by atoms with Crippen LogP contribution < -0.4 is 0 Å². The van der Waals surface area contributed by atoms with Crippen LogP contribution in [-0.2, 0) is 12.0 Å². The Morgan fingerprint density at radius 3 is 2.21 bits per heavy atom. The Morgan fingerprint density at radius 1 is 1.29 bits per heavy atom. The maximum absolute atomic E-state index is 13.5. The highest BCUT2D eigenvalue weighted by molar-refractivity contribution is 5.35. The molecule has 0 amide bonds. The summed E-state index contributed by atoms with van der Waals surface area (Å²) in [6, 6.07) is 3.45. The fraction of sp³-hybridized carbons (Fsp3) is 0.500. The van der Waals surface area contributed by atoms with Crippen molar-refractivity contribution < 1.29 is 9.50 Å². The van der Waals surface area contributed by atoms with E-state index in [1.165, 1.54) is 6.07 Å². The van der Waals surface area contributed by atoms with Gasteiger partial charge in [0.2, 0.25) is 0 Å². The van der Waals surface area contributed by atoms with E-state index in [1.807, 2.05) is 33.8 Å². The molecule has 0 saturated heterocycles. The van der Waals surface area contributed by atoms with E-state index in [9.17, 15) is 4.39 Å². The molecule has 0 heterocycles. The van der Waals surface area contributed by atoms with Crippen LogP contribution in [0.5, 0.6) is 0 Å². The lowest BCUT2D eigenvalue weighted by Crippen LogP contribution is -2.12. The van der Waals surface area contributed by atoms with Crippen molar-refractivity contribution in [3.8, 4) is 0 Å². The van der Waals surface area contributed by atoms with Crippen molar-refractivity contribution in [2.75, 3.05) is 0 Å². The van der Waals surface area contributed by atoms with Crippen LogP contribution in [0.25, 0.3) is 0 Å². The van der Waals surface area contributed by atoms with Crippen LogP contribution in [0.15, 0.2) is 12.1 Å². The second-order valence-electron chi connectivity index (χ2n) is 4.66. The Labute approximate surface area is 84.6 Å². The number of benzene rings is 1. The largest absolute Gasteiger partial charge is 0.392 e. The van der Waals surface area contributed by atoms with E-state index >= 15 is 0 Å². The SMILES string of the molecule is Cc1cc(C(C)(C)C)cc(F)c1CO. The zero-order valence-electron chi connectivity index (χ0n) is 9.19. The lowest BCUT2D eigenvalue weighted by molar-refractivity contribution is 0.274. The second-order valence-corrected chi connectivity index (χ2v) is 4.66. The molecule has 78 valence electrons. The van der Waals surface area contributed by atoms with Crippen molar-refractivity contribution in [1.82, 2.24) is 0 Å². The fourth-order valence-electron chi connectivity index (χ4n) is 1.41. The molecule has 0 aromatic heterocycles. The molecule has 0 aliphatic carbocycles. The first-order chi connectivity index (χ1) is 6.36. The minimum atomic E-state index is -0.308. The van der Waals surface area contributed by atoms with Gasteiger partial charge >= 0.3 is 0 Å². The van der Waals surface area contributed by atoms with Gasteiger partial charge in [-0.3, -0.25) is 0 Å². The Balaban J connectivity index is 3.28. The van der Waals surface area contributed by atoms with E-state index in [1.54, 1.807) is 0 Å². The zero-order valence-corrected chi connectivity index (χ0v) is 9.19. The fourth-order valence-corrected chi connectivity index (χ4v) is 1.41. The van der Waals surface area contributed by atoms with Crippen LogP contribution in [0, 0.1) is 12.7 Å². The van der Waals surface area contributed by atoms with Gasteiger partial charge in [0.05, 0.1) is 6.61 Å². The third kappa shape index (κ3) is 2.13. The average molecular weight is 196 g/mol. The van der Waals surface area contributed by atoms with Crippen molar-refractivity contribution >= 4 is 0 Å². The number of aliphatic hydroxyl groups is 1. The highest BCUT2D eigenvalue weighted by Gasteiger charge is 2.17. The minimum absolute atomic E-state index is 0.0560. The molecule has 0 spiro atoms. The minimum Gasteiger partial charge on any atom is -0.392 e. The first-order valence-electron chi connectivity index (χ1n) is 4.76. The molecule has 14 heavy (non-hydrogen) atoms. The molecule has 1 rings (SSSR count). The lowest BCUT2D eigenvalue weighted by Gasteiger charge is -2.20. The summed E-state index contributed by atoms with van der Waals surface area (Å²) in [4.78, 5) is 0. The highest BCUT2D eigenvalue weighted by atomic mass is 19.1. The molecule has 0 radical (unpaired) electrons. The highest BCUT2D eigenvalue weighted by Crippen LogP contribution is 2.26. The Kier molecular flexibility index (Phi) is 2.95. The predicted octanol–water partition coefficient (Wildman–Crippen LogP) is 2.92. The Hall–Kier alpha value is -0.890. The molecule has 0 aliphatic heterocycles. The van der Waals surface area contributed by atoms with Gasteiger partial charge < -0.3 is 5.11 Å². The van der Waals surface area contributed by atoms with Gasteiger partial charge in [-0.2, -0.15) is 0 Å². The Morgan fingerprint density at radius 2 is 1.86 bits per heavy atom. The van der Waals surface area contributed by atoms with Gasteiger partial charge in [0, 0.05) is 5.56 Å². The van der Waals surface area contributed by atoms with Crippen LogP contribution in [0.3, 0.4) is 0 Å². The lowest BCUT2D eigenvalue weighted by atomic mass is 9.85. The van der Waals surface area contributed by atoms with Crippen molar-refractivity contribution in [1.29, 1.82) is 0 Å². The van der Waals surface area contributed by atoms with Crippen molar-refractivity contribution in [3.63, 3.8) is 0 Å². The van der Waals surface area contributed by atoms with Crippen LogP contribution in [0.2, 0.25) is 0 Å². The van der Waals surface area contributed by atoms with Gasteiger partial charge in [-0.25, -0.2) is 4.39 Å². The summed E-state index contributed by atoms with van der Waals surface area (Å²) in [7, 11) is 0. The summed E-state index contributed by atoms with van der Waals surface area (Å²) in [5, 5.41) is 8.95. The first kappa shape index (κ1) is 11.2. The molecule has 0 bridgehead atoms. The van der Waals surface area contributed by atoms with E-state index < -0.39 is 0 Å². The summed E-state index contributed by atoms with van der Waals surface area (Å²) < 4.78 is 13.5. The smallest absolute Gasteiger partial charge is 0.129 e. The summed E-state index contributed by atoms with van der Waals surface area (Å²) >= 11 is 0. The summed E-state index contributed by atoms with van der Waals surface area (Å²) in [5.74, 6) is -0.308. The van der Waals surface area contributed by atoms with Crippen molar-refractivity contribution in [2.45, 2.75) is 39.7 Å². The average Bonchev–Trinajstić information content (AvgIpc) is 2.01. The molecule has 1 aromatic rings. The molecule has 0 atom stereocenters. The van der Waals surface area contributed by atoms with Gasteiger partial charge in [-0.1, -0.05) is 26.8 Å². The molecular formula is C12H17FO. The summed E-state index contributed by atoms with van der Waals surface area (Å²) in [5.41, 5.74) is 2.12. The van der Waals surface area contributed by atoms with Crippen molar-refractivity contribution in [2.24, 2.45) is 0 Å². The Bertz CT molecular complexity index is 314. The number of hydrogen-bond donors (Lipinski definition) is 1. The number of aliphatic hydroxyl groups excluding tert-OH is 1. The maximum Gasteiger partial charge on any atom is 0.129 e. The van der Waals surface area contributed by atoms with E-state index in [2.05, 4.69) is 0 Å². The molecule has 0 unspecified atom stereocenters. The molecular weight excluding hydrogens is 179 g/mol. The van der Waals surface area contributed by atoms with Gasteiger partial charge in [0.25, 0.3) is 0 Å². The number of aryl methyl sites for hydroxylation is 1. The molecule has 1 nitrogen and oxygen atoms in total. The second kappa shape index (κ2) is 3.70. The quantitative estimate of drug-likeness (QED) is 0.732. The summed E-state index contributed by atoms with van der Waals surface area (Å²) in [6.45, 7) is 7.71. The number of halogens is 1. The molecule has 1 aromatic carbocycles. The normalized spacial score (nSPS) is 11.9. The van der Waals surface area contributed by atoms with Gasteiger partial charge in [0.1, 0.15) is 5.82 Å². The van der Waals surface area contributed by atoms with Crippen LogP contribution >= 0.6 is 0 Å².